The summed E-state index contributed by atoms with van der Waals surface area (Å²) in [5.41, 5.74) is 5.64. The summed E-state index contributed by atoms with van der Waals surface area (Å²) >= 11 is 0. The highest BCUT2D eigenvalue weighted by Crippen LogP contribution is 2.11. The zero-order valence-electron chi connectivity index (χ0n) is 9.75. The van der Waals surface area contributed by atoms with E-state index in [0.717, 1.165) is 12.2 Å². The van der Waals surface area contributed by atoms with E-state index in [4.69, 9.17) is 5.73 Å². The van der Waals surface area contributed by atoms with Gasteiger partial charge in [0, 0.05) is 12.1 Å². The van der Waals surface area contributed by atoms with Crippen LogP contribution in [0.5, 0.6) is 0 Å². The molecular formula is C11H20N4. The molecule has 0 aliphatic carbocycles. The summed E-state index contributed by atoms with van der Waals surface area (Å²) < 4.78 is 0. The Morgan fingerprint density at radius 2 is 2.20 bits per heavy atom. The molecule has 4 nitrogen and oxygen atoms in total. The summed E-state index contributed by atoms with van der Waals surface area (Å²) in [4.78, 5) is 8.31. The summed E-state index contributed by atoms with van der Waals surface area (Å²) in [6.07, 6.45) is 3.60. The first kappa shape index (κ1) is 11.8. The topological polar surface area (TPSA) is 63.8 Å². The van der Waals surface area contributed by atoms with Crippen molar-refractivity contribution in [1.29, 1.82) is 0 Å². The molecule has 0 fully saturated rings. The van der Waals surface area contributed by atoms with Gasteiger partial charge in [0.15, 0.2) is 0 Å². The predicted molar refractivity (Wildman–Crippen MR) is 63.8 cm³/mol. The number of nitrogens with zero attached hydrogens (tertiary/aromatic N) is 2. The second-order valence-electron chi connectivity index (χ2n) is 3.91. The van der Waals surface area contributed by atoms with Crippen LogP contribution < -0.4 is 11.1 Å². The van der Waals surface area contributed by atoms with E-state index in [-0.39, 0.29) is 0 Å². The highest BCUT2D eigenvalue weighted by molar-refractivity contribution is 5.44. The van der Waals surface area contributed by atoms with Crippen molar-refractivity contribution in [3.05, 3.63) is 11.9 Å². The Balaban J connectivity index is 2.56. The number of aryl methyl sites for hydroxylation is 1. The highest BCUT2D eigenvalue weighted by Gasteiger charge is 2.03. The van der Waals surface area contributed by atoms with E-state index >= 15 is 0 Å². The van der Waals surface area contributed by atoms with Gasteiger partial charge in [-0.05, 0) is 20.3 Å². The van der Waals surface area contributed by atoms with Gasteiger partial charge >= 0.3 is 0 Å². The summed E-state index contributed by atoms with van der Waals surface area (Å²) in [5, 5.41) is 3.33. The molecule has 0 aromatic carbocycles. The molecule has 84 valence electrons. The summed E-state index contributed by atoms with van der Waals surface area (Å²) in [7, 11) is 0. The Labute approximate surface area is 91.3 Å². The summed E-state index contributed by atoms with van der Waals surface area (Å²) in [6.45, 7) is 6.20. The van der Waals surface area contributed by atoms with E-state index in [1.807, 2.05) is 6.92 Å². The summed E-state index contributed by atoms with van der Waals surface area (Å²) in [6, 6.07) is 2.20. The molecule has 4 heteroatoms. The van der Waals surface area contributed by atoms with Crippen molar-refractivity contribution in [2.75, 3.05) is 11.1 Å². The van der Waals surface area contributed by atoms with Crippen molar-refractivity contribution in [2.24, 2.45) is 0 Å². The molecule has 1 atom stereocenters. The molecule has 3 N–H and O–H groups in total. The van der Waals surface area contributed by atoms with Gasteiger partial charge in [0.05, 0.1) is 0 Å². The molecule has 1 aromatic rings. The van der Waals surface area contributed by atoms with Crippen molar-refractivity contribution >= 4 is 11.6 Å². The molecule has 0 saturated carbocycles. The zero-order valence-corrected chi connectivity index (χ0v) is 9.75. The minimum absolute atomic E-state index is 0.429. The zero-order chi connectivity index (χ0) is 11.3. The van der Waals surface area contributed by atoms with E-state index < -0.39 is 0 Å². The first-order chi connectivity index (χ1) is 7.11. The Kier molecular flexibility index (Phi) is 4.34. The molecule has 1 rings (SSSR count). The third kappa shape index (κ3) is 4.14. The van der Waals surface area contributed by atoms with E-state index in [1.54, 1.807) is 6.07 Å². The van der Waals surface area contributed by atoms with Gasteiger partial charge in [-0.15, -0.1) is 0 Å². The number of unbranched alkanes of at least 4 members (excludes halogenated alkanes) is 1. The van der Waals surface area contributed by atoms with Crippen LogP contribution in [0.15, 0.2) is 6.07 Å². The number of aromatic nitrogens is 2. The van der Waals surface area contributed by atoms with Crippen LogP contribution in [0.4, 0.5) is 11.6 Å². The lowest BCUT2D eigenvalue weighted by Gasteiger charge is -2.14. The molecule has 0 radical (unpaired) electrons. The van der Waals surface area contributed by atoms with Gasteiger partial charge in [0.25, 0.3) is 0 Å². The average Bonchev–Trinajstić information content (AvgIpc) is 2.13. The smallest absolute Gasteiger partial charge is 0.131 e. The molecule has 1 unspecified atom stereocenters. The first-order valence-corrected chi connectivity index (χ1v) is 5.49. The van der Waals surface area contributed by atoms with Crippen LogP contribution in [0.25, 0.3) is 0 Å². The first-order valence-electron chi connectivity index (χ1n) is 5.49. The second-order valence-corrected chi connectivity index (χ2v) is 3.91. The number of nitrogen functional groups attached to an aromatic ring is 1. The van der Waals surface area contributed by atoms with Crippen LogP contribution in [0, 0.1) is 6.92 Å². The van der Waals surface area contributed by atoms with Crippen LogP contribution in [0.1, 0.15) is 38.9 Å². The maximum atomic E-state index is 5.64. The van der Waals surface area contributed by atoms with Crippen molar-refractivity contribution in [2.45, 2.75) is 46.1 Å². The molecule has 0 aliphatic rings. The monoisotopic (exact) mass is 208 g/mol. The minimum Gasteiger partial charge on any atom is -0.384 e. The molecule has 0 aliphatic heterocycles. The third-order valence-corrected chi connectivity index (χ3v) is 2.24. The van der Waals surface area contributed by atoms with Crippen LogP contribution in [-0.2, 0) is 0 Å². The fraction of sp³-hybridized carbons (Fsp3) is 0.636. The molecule has 15 heavy (non-hydrogen) atoms. The van der Waals surface area contributed by atoms with Gasteiger partial charge in [-0.25, -0.2) is 9.97 Å². The van der Waals surface area contributed by atoms with Crippen LogP contribution in [-0.4, -0.2) is 16.0 Å². The van der Waals surface area contributed by atoms with E-state index in [1.165, 1.54) is 12.8 Å². The average molecular weight is 208 g/mol. The number of rotatable bonds is 5. The van der Waals surface area contributed by atoms with Crippen LogP contribution in [0.2, 0.25) is 0 Å². The maximum Gasteiger partial charge on any atom is 0.131 e. The van der Waals surface area contributed by atoms with E-state index in [9.17, 15) is 0 Å². The van der Waals surface area contributed by atoms with Crippen LogP contribution in [0.3, 0.4) is 0 Å². The number of anilines is 2. The Hall–Kier alpha value is -1.32. The van der Waals surface area contributed by atoms with Crippen molar-refractivity contribution < 1.29 is 0 Å². The standard InChI is InChI=1S/C11H20N4/c1-4-5-6-8(2)13-11-7-10(12)14-9(3)15-11/h7-8H,4-6H2,1-3H3,(H3,12,13,14,15). The maximum absolute atomic E-state index is 5.64. The highest BCUT2D eigenvalue weighted by atomic mass is 15.1. The van der Waals surface area contributed by atoms with Crippen molar-refractivity contribution in [3.63, 3.8) is 0 Å². The SMILES string of the molecule is CCCCC(C)Nc1cc(N)nc(C)n1. The minimum atomic E-state index is 0.429. The van der Waals surface area contributed by atoms with Crippen molar-refractivity contribution in [1.82, 2.24) is 9.97 Å². The lowest BCUT2D eigenvalue weighted by molar-refractivity contribution is 0.643. The molecular weight excluding hydrogens is 188 g/mol. The Morgan fingerprint density at radius 3 is 2.80 bits per heavy atom. The Morgan fingerprint density at radius 1 is 1.47 bits per heavy atom. The molecule has 0 amide bonds. The molecule has 0 spiro atoms. The van der Waals surface area contributed by atoms with Gasteiger partial charge in [-0.3, -0.25) is 0 Å². The predicted octanol–water partition coefficient (Wildman–Crippen LogP) is 2.36. The lowest BCUT2D eigenvalue weighted by Crippen LogP contribution is -2.16. The lowest BCUT2D eigenvalue weighted by atomic mass is 10.1. The van der Waals surface area contributed by atoms with E-state index in [2.05, 4.69) is 29.1 Å². The third-order valence-electron chi connectivity index (χ3n) is 2.24. The van der Waals surface area contributed by atoms with Crippen LogP contribution >= 0.6 is 0 Å². The van der Waals surface area contributed by atoms with Gasteiger partial charge in [-0.2, -0.15) is 0 Å². The van der Waals surface area contributed by atoms with Gasteiger partial charge in [-0.1, -0.05) is 19.8 Å². The molecule has 1 aromatic heterocycles. The quantitative estimate of drug-likeness (QED) is 0.779. The van der Waals surface area contributed by atoms with Gasteiger partial charge in [0.1, 0.15) is 17.5 Å². The van der Waals surface area contributed by atoms with Gasteiger partial charge < -0.3 is 11.1 Å². The second kappa shape index (κ2) is 5.53. The number of hydrogen-bond donors (Lipinski definition) is 2. The number of nitrogens with one attached hydrogen (secondary N) is 1. The largest absolute Gasteiger partial charge is 0.384 e. The molecule has 0 saturated heterocycles. The van der Waals surface area contributed by atoms with Gasteiger partial charge in [0.2, 0.25) is 0 Å². The fourth-order valence-electron chi connectivity index (χ4n) is 1.50. The number of nitrogens with two attached hydrogens (primary N) is 1. The summed E-state index contributed by atoms with van der Waals surface area (Å²) in [5.74, 6) is 2.05. The Bertz CT molecular complexity index is 291. The van der Waals surface area contributed by atoms with Crippen molar-refractivity contribution in [3.8, 4) is 0 Å². The normalized spacial score (nSPS) is 12.5. The molecule has 0 bridgehead atoms. The number of hydrogen-bond acceptors (Lipinski definition) is 4. The van der Waals surface area contributed by atoms with E-state index in [0.29, 0.717) is 17.7 Å². The fourth-order valence-corrected chi connectivity index (χ4v) is 1.50. The molecule has 1 heterocycles.